The smallest absolute Gasteiger partial charge is 0.293 e. The molecule has 17 heteroatoms. The summed E-state index contributed by atoms with van der Waals surface area (Å²) in [5, 5.41) is 26.5. The number of anilines is 2. The highest BCUT2D eigenvalue weighted by atomic mass is 32.2. The predicted molar refractivity (Wildman–Crippen MR) is 300 cm³/mol. The van der Waals surface area contributed by atoms with Crippen molar-refractivity contribution in [3.8, 4) is 17.2 Å². The summed E-state index contributed by atoms with van der Waals surface area (Å²) >= 11 is 0. The van der Waals surface area contributed by atoms with Gasteiger partial charge in [0.25, 0.3) is 21.6 Å². The van der Waals surface area contributed by atoms with Gasteiger partial charge in [-0.1, -0.05) is 64.1 Å². The fourth-order valence-electron chi connectivity index (χ4n) is 12.1. The average molecular weight is 1070 g/mol. The summed E-state index contributed by atoms with van der Waals surface area (Å²) in [4.78, 5) is 40.6. The van der Waals surface area contributed by atoms with Crippen molar-refractivity contribution in [3.63, 3.8) is 0 Å². The predicted octanol–water partition coefficient (Wildman–Crippen LogP) is 11.2. The number of nitrogens with zero attached hydrogens (tertiary/aromatic N) is 5. The van der Waals surface area contributed by atoms with Crippen molar-refractivity contribution < 1.29 is 32.7 Å². The van der Waals surface area contributed by atoms with Crippen molar-refractivity contribution >= 4 is 44.0 Å². The van der Waals surface area contributed by atoms with Crippen LogP contribution in [0.1, 0.15) is 125 Å². The Hall–Kier alpha value is -6.53. The van der Waals surface area contributed by atoms with Gasteiger partial charge in [0.2, 0.25) is 0 Å². The second-order valence-corrected chi connectivity index (χ2v) is 24.9. The lowest BCUT2D eigenvalue weighted by atomic mass is 9.59. The monoisotopic (exact) mass is 1070 g/mol. The Morgan fingerprint density at radius 3 is 2.39 bits per heavy atom. The highest BCUT2D eigenvalue weighted by Gasteiger charge is 2.50. The molecule has 2 aromatic heterocycles. The largest absolute Gasteiger partial charge is 0.493 e. The maximum atomic E-state index is 14.1. The molecule has 4 aromatic carbocycles. The number of H-pyrrole nitrogens is 1. The number of pyridine rings is 1. The number of hydrogen-bond donors (Lipinski definition) is 4. The van der Waals surface area contributed by atoms with Gasteiger partial charge in [-0.05, 0) is 147 Å². The van der Waals surface area contributed by atoms with Crippen LogP contribution in [-0.4, -0.2) is 102 Å². The number of sulfonamides is 1. The first-order valence-electron chi connectivity index (χ1n) is 27.5. The molecule has 16 nitrogen and oxygen atoms in total. The van der Waals surface area contributed by atoms with Crippen LogP contribution < -0.4 is 24.4 Å². The van der Waals surface area contributed by atoms with Crippen molar-refractivity contribution in [2.45, 2.75) is 121 Å². The minimum absolute atomic E-state index is 0.0284. The van der Waals surface area contributed by atoms with Crippen LogP contribution in [0.15, 0.2) is 114 Å². The molecule has 2 saturated carbocycles. The Morgan fingerprint density at radius 2 is 1.66 bits per heavy atom. The van der Waals surface area contributed by atoms with Gasteiger partial charge in [0.1, 0.15) is 28.6 Å². The highest BCUT2D eigenvalue weighted by Crippen LogP contribution is 2.53. The maximum absolute atomic E-state index is 14.1. The van der Waals surface area contributed by atoms with Crippen LogP contribution in [0.25, 0.3) is 11.0 Å². The zero-order valence-corrected chi connectivity index (χ0v) is 45.9. The van der Waals surface area contributed by atoms with Crippen molar-refractivity contribution in [2.75, 3.05) is 56.1 Å². The number of nitro groups is 1. The van der Waals surface area contributed by atoms with Gasteiger partial charge in [-0.15, -0.1) is 0 Å². The Kier molecular flexibility index (Phi) is 15.7. The number of aromatic nitrogens is 2. The van der Waals surface area contributed by atoms with E-state index in [0.717, 1.165) is 101 Å². The number of ether oxygens (including phenoxy) is 2. The molecule has 408 valence electrons. The number of hydrogen-bond acceptors (Lipinski definition) is 13. The second-order valence-electron chi connectivity index (χ2n) is 23.2. The third-order valence-corrected chi connectivity index (χ3v) is 18.0. The molecule has 1 amide bonds. The first kappa shape index (κ1) is 53.9. The Labute approximate surface area is 452 Å². The van der Waals surface area contributed by atoms with Crippen LogP contribution in [0, 0.1) is 27.4 Å². The van der Waals surface area contributed by atoms with E-state index in [4.69, 9.17) is 9.47 Å². The van der Waals surface area contributed by atoms with E-state index in [-0.39, 0.29) is 34.4 Å². The first-order valence-corrected chi connectivity index (χ1v) is 29.0. The molecule has 0 radical (unpaired) electrons. The summed E-state index contributed by atoms with van der Waals surface area (Å²) in [5.41, 5.74) is 4.89. The van der Waals surface area contributed by atoms with Crippen molar-refractivity contribution in [1.29, 1.82) is 0 Å². The van der Waals surface area contributed by atoms with E-state index >= 15 is 0 Å². The van der Waals surface area contributed by atoms with Gasteiger partial charge < -0.3 is 29.8 Å². The minimum atomic E-state index is -4.59. The number of carbonyl (C=O) groups is 1. The normalized spacial score (nSPS) is 21.3. The Balaban J connectivity index is 0.820. The molecule has 2 saturated heterocycles. The van der Waals surface area contributed by atoms with E-state index < -0.39 is 37.0 Å². The number of aliphatic hydroxyl groups is 1. The number of piperazine rings is 1. The van der Waals surface area contributed by atoms with Crippen molar-refractivity contribution in [1.82, 2.24) is 24.5 Å². The molecular weight excluding hydrogens is 993 g/mol. The van der Waals surface area contributed by atoms with E-state index in [9.17, 15) is 28.4 Å². The number of piperidine rings is 1. The molecular formula is C60H74N8O8S. The standard InChI is InChI=1S/C60H74N8O8S/c1-40(2)39-75-47-13-10-43(11-14-47)37-65-28-29-67(55(38-65)51-9-7-6-8-50(51)41(3)4)46-33-60(34-46)23-26-66(27-24-60)45-12-16-52(56(31-45)76-48-30-44-20-25-61-57(44)63-36-48)58(69)64-77(73,74)49-15-17-53(54(32-49)68(71)72)62-35-42-18-21-59(5,70)22-19-42/h6-17,20,25,30-32,36,40-42,46,55,62,70H,18-19,21-24,26-29,33-35,37-39H2,1-5H3,(H,61,63)(H,64,69)/t42?,55-,59?/m0/s1. The molecule has 1 atom stereocenters. The van der Waals surface area contributed by atoms with Crippen LogP contribution in [-0.2, 0) is 16.6 Å². The summed E-state index contributed by atoms with van der Waals surface area (Å²) in [5.74, 6) is 1.56. The van der Waals surface area contributed by atoms with Gasteiger partial charge in [-0.2, -0.15) is 0 Å². The van der Waals surface area contributed by atoms with Crippen molar-refractivity contribution in [3.05, 3.63) is 142 Å². The van der Waals surface area contributed by atoms with E-state index in [1.807, 2.05) is 19.1 Å². The summed E-state index contributed by atoms with van der Waals surface area (Å²) < 4.78 is 42.3. The number of nitrogens with one attached hydrogen (secondary N) is 3. The SMILES string of the molecule is CC(C)COc1ccc(CN2CCN(C3CC4(CCN(c5ccc(C(=O)NS(=O)(=O)c6ccc(NCC7CCC(C)(O)CC7)c([N+](=O)[O-])c6)c(Oc6cnc7[nH]ccc7c6)c5)CC4)C3)[C@H](c3ccccc3C(C)C)C2)cc1. The number of rotatable bonds is 18. The maximum Gasteiger partial charge on any atom is 0.293 e. The topological polar surface area (TPSA) is 195 Å². The van der Waals surface area contributed by atoms with Gasteiger partial charge >= 0.3 is 0 Å². The molecule has 4 fully saturated rings. The molecule has 4 heterocycles. The lowest BCUT2D eigenvalue weighted by Crippen LogP contribution is -2.60. The highest BCUT2D eigenvalue weighted by molar-refractivity contribution is 7.90. The van der Waals surface area contributed by atoms with E-state index in [1.54, 1.807) is 30.6 Å². The number of benzene rings is 4. The summed E-state index contributed by atoms with van der Waals surface area (Å²) in [6.07, 6.45) is 10.4. The summed E-state index contributed by atoms with van der Waals surface area (Å²) in [6, 6.07) is 30.8. The van der Waals surface area contributed by atoms with Gasteiger partial charge in [-0.3, -0.25) is 24.7 Å². The van der Waals surface area contributed by atoms with Gasteiger partial charge in [0.05, 0.1) is 33.8 Å². The van der Waals surface area contributed by atoms with Crippen LogP contribution in [0.2, 0.25) is 0 Å². The molecule has 2 aliphatic heterocycles. The third kappa shape index (κ3) is 12.4. The molecule has 77 heavy (non-hydrogen) atoms. The van der Waals surface area contributed by atoms with Crippen LogP contribution in [0.4, 0.5) is 17.1 Å². The lowest BCUT2D eigenvalue weighted by molar-refractivity contribution is -0.384. The second kappa shape index (κ2) is 22.4. The summed E-state index contributed by atoms with van der Waals surface area (Å²) in [7, 11) is -4.59. The fourth-order valence-corrected chi connectivity index (χ4v) is 13.1. The molecule has 4 N–H and O–H groups in total. The Bertz CT molecular complexity index is 3170. The molecule has 6 aromatic rings. The quantitative estimate of drug-likeness (QED) is 0.0469. The van der Waals surface area contributed by atoms with Gasteiger partial charge in [-0.25, -0.2) is 18.1 Å². The molecule has 0 unspecified atom stereocenters. The van der Waals surface area contributed by atoms with Crippen LogP contribution in [0.3, 0.4) is 0 Å². The zero-order chi connectivity index (χ0) is 54.1. The average Bonchev–Trinajstić information content (AvgIpc) is 3.89. The van der Waals surface area contributed by atoms with E-state index in [1.165, 1.54) is 28.8 Å². The van der Waals surface area contributed by atoms with Crippen LogP contribution in [0.5, 0.6) is 17.2 Å². The van der Waals surface area contributed by atoms with Gasteiger partial charge in [0.15, 0.2) is 0 Å². The number of nitro benzene ring substituents is 1. The third-order valence-electron chi connectivity index (χ3n) is 16.7. The first-order chi connectivity index (χ1) is 36.9. The van der Waals surface area contributed by atoms with Gasteiger partial charge in [0, 0.05) is 87.3 Å². The van der Waals surface area contributed by atoms with E-state index in [0.29, 0.717) is 55.3 Å². The molecule has 1 spiro atoms. The van der Waals surface area contributed by atoms with Crippen molar-refractivity contribution in [2.24, 2.45) is 17.3 Å². The molecule has 0 bridgehead atoms. The number of aromatic amines is 1. The zero-order valence-electron chi connectivity index (χ0n) is 45.0. The molecule has 4 aliphatic rings. The number of amides is 1. The molecule has 2 aliphatic carbocycles. The molecule has 10 rings (SSSR count). The van der Waals surface area contributed by atoms with E-state index in [2.05, 4.69) is 111 Å². The summed E-state index contributed by atoms with van der Waals surface area (Å²) in [6.45, 7) is 17.4. The lowest BCUT2D eigenvalue weighted by Gasteiger charge is -2.58. The van der Waals surface area contributed by atoms with Crippen LogP contribution >= 0.6 is 0 Å². The number of fused-ring (bicyclic) bond motifs is 1. The fraction of sp³-hybridized carbons (Fsp3) is 0.467. The minimum Gasteiger partial charge on any atom is -0.493 e. The number of carbonyl (C=O) groups excluding carboxylic acids is 1. The Morgan fingerprint density at radius 1 is 0.909 bits per heavy atom.